The third kappa shape index (κ3) is 2.91. The molecule has 2 aromatic rings. The molecule has 0 aliphatic heterocycles. The number of carbonyl (C=O) groups is 1. The van der Waals surface area contributed by atoms with Gasteiger partial charge in [-0.25, -0.2) is 4.98 Å². The minimum atomic E-state index is -0.370. The molecular formula is C17H21N3OS. The van der Waals surface area contributed by atoms with Crippen molar-refractivity contribution in [3.8, 4) is 11.3 Å². The van der Waals surface area contributed by atoms with Gasteiger partial charge in [-0.2, -0.15) is 0 Å². The first-order valence-corrected chi connectivity index (χ1v) is 8.55. The van der Waals surface area contributed by atoms with E-state index in [4.69, 9.17) is 5.73 Å². The predicted octanol–water partition coefficient (Wildman–Crippen LogP) is 3.58. The second-order valence-electron chi connectivity index (χ2n) is 5.97. The highest BCUT2D eigenvalue weighted by atomic mass is 32.1. The Hall–Kier alpha value is -1.72. The van der Waals surface area contributed by atoms with Gasteiger partial charge in [0.2, 0.25) is 5.91 Å². The SMILES string of the molecule is Cc1nc(-c2ccc(NC(=O)C3(CN)CCCC3)cc2)cs1. The van der Waals surface area contributed by atoms with Gasteiger partial charge in [0.25, 0.3) is 0 Å². The van der Waals surface area contributed by atoms with E-state index in [0.717, 1.165) is 47.6 Å². The molecule has 5 heteroatoms. The van der Waals surface area contributed by atoms with Gasteiger partial charge in [-0.1, -0.05) is 25.0 Å². The smallest absolute Gasteiger partial charge is 0.231 e. The highest BCUT2D eigenvalue weighted by molar-refractivity contribution is 7.09. The van der Waals surface area contributed by atoms with E-state index < -0.39 is 0 Å². The number of rotatable bonds is 4. The molecule has 0 radical (unpaired) electrons. The number of hydrogen-bond donors (Lipinski definition) is 2. The van der Waals surface area contributed by atoms with E-state index >= 15 is 0 Å². The van der Waals surface area contributed by atoms with E-state index in [1.54, 1.807) is 11.3 Å². The minimum Gasteiger partial charge on any atom is -0.329 e. The van der Waals surface area contributed by atoms with Crippen LogP contribution in [0.5, 0.6) is 0 Å². The number of carbonyl (C=O) groups excluding carboxylic acids is 1. The molecule has 3 N–H and O–H groups in total. The van der Waals surface area contributed by atoms with E-state index in [-0.39, 0.29) is 11.3 Å². The molecule has 3 rings (SSSR count). The van der Waals surface area contributed by atoms with E-state index in [9.17, 15) is 4.79 Å². The normalized spacial score (nSPS) is 16.6. The van der Waals surface area contributed by atoms with E-state index in [2.05, 4.69) is 10.3 Å². The summed E-state index contributed by atoms with van der Waals surface area (Å²) < 4.78 is 0. The van der Waals surface area contributed by atoms with Gasteiger partial charge >= 0.3 is 0 Å². The average molecular weight is 315 g/mol. The minimum absolute atomic E-state index is 0.0600. The Morgan fingerprint density at radius 1 is 1.32 bits per heavy atom. The Morgan fingerprint density at radius 2 is 2.00 bits per heavy atom. The Balaban J connectivity index is 1.72. The van der Waals surface area contributed by atoms with Crippen LogP contribution in [0.25, 0.3) is 11.3 Å². The molecule has 1 heterocycles. The molecule has 0 unspecified atom stereocenters. The first-order chi connectivity index (χ1) is 10.6. The summed E-state index contributed by atoms with van der Waals surface area (Å²) in [6.45, 7) is 2.42. The number of anilines is 1. The van der Waals surface area contributed by atoms with Gasteiger partial charge in [0.1, 0.15) is 0 Å². The third-order valence-corrected chi connectivity index (χ3v) is 5.26. The number of benzene rings is 1. The standard InChI is InChI=1S/C17H21N3OS/c1-12-19-15(10-22-12)13-4-6-14(7-5-13)20-16(21)17(11-18)8-2-3-9-17/h4-7,10H,2-3,8-9,11,18H2,1H3,(H,20,21). The van der Waals surface area contributed by atoms with Crippen LogP contribution in [-0.4, -0.2) is 17.4 Å². The monoisotopic (exact) mass is 315 g/mol. The molecule has 1 saturated carbocycles. The molecule has 22 heavy (non-hydrogen) atoms. The zero-order chi connectivity index (χ0) is 15.6. The van der Waals surface area contributed by atoms with Crippen LogP contribution in [0, 0.1) is 12.3 Å². The lowest BCUT2D eigenvalue weighted by Crippen LogP contribution is -2.40. The second kappa shape index (κ2) is 6.18. The Kier molecular flexibility index (Phi) is 4.27. The summed E-state index contributed by atoms with van der Waals surface area (Å²) >= 11 is 1.64. The van der Waals surface area contributed by atoms with Crippen molar-refractivity contribution >= 4 is 22.9 Å². The van der Waals surface area contributed by atoms with Gasteiger partial charge in [0.05, 0.1) is 16.1 Å². The molecule has 1 fully saturated rings. The van der Waals surface area contributed by atoms with Crippen molar-refractivity contribution in [3.05, 3.63) is 34.7 Å². The molecule has 1 aromatic carbocycles. The predicted molar refractivity (Wildman–Crippen MR) is 90.9 cm³/mol. The van der Waals surface area contributed by atoms with Crippen LogP contribution < -0.4 is 11.1 Å². The van der Waals surface area contributed by atoms with Crippen molar-refractivity contribution in [3.63, 3.8) is 0 Å². The number of aromatic nitrogens is 1. The lowest BCUT2D eigenvalue weighted by atomic mass is 9.85. The molecule has 0 saturated heterocycles. The average Bonchev–Trinajstić information content (AvgIpc) is 3.17. The quantitative estimate of drug-likeness (QED) is 0.906. The number of hydrogen-bond acceptors (Lipinski definition) is 4. The van der Waals surface area contributed by atoms with Gasteiger partial charge in [0.15, 0.2) is 0 Å². The van der Waals surface area contributed by atoms with E-state index in [0.29, 0.717) is 6.54 Å². The summed E-state index contributed by atoms with van der Waals surface area (Å²) in [7, 11) is 0. The van der Waals surface area contributed by atoms with Crippen LogP contribution in [-0.2, 0) is 4.79 Å². The summed E-state index contributed by atoms with van der Waals surface area (Å²) in [6.07, 6.45) is 3.97. The maximum Gasteiger partial charge on any atom is 0.231 e. The van der Waals surface area contributed by atoms with Crippen LogP contribution in [0.4, 0.5) is 5.69 Å². The molecule has 1 aromatic heterocycles. The topological polar surface area (TPSA) is 68.0 Å². The number of thiazole rings is 1. The van der Waals surface area contributed by atoms with Crippen molar-refractivity contribution in [2.45, 2.75) is 32.6 Å². The molecule has 0 atom stereocenters. The maximum absolute atomic E-state index is 12.5. The molecule has 1 aliphatic carbocycles. The van der Waals surface area contributed by atoms with Crippen LogP contribution in [0.2, 0.25) is 0 Å². The fraction of sp³-hybridized carbons (Fsp3) is 0.412. The Labute approximate surface area is 134 Å². The van der Waals surface area contributed by atoms with Crippen LogP contribution in [0.3, 0.4) is 0 Å². The van der Waals surface area contributed by atoms with Crippen molar-refractivity contribution in [2.24, 2.45) is 11.1 Å². The Bertz CT molecular complexity index is 657. The van der Waals surface area contributed by atoms with Crippen LogP contribution in [0.15, 0.2) is 29.6 Å². The van der Waals surface area contributed by atoms with Gasteiger partial charge in [0, 0.05) is 23.2 Å². The van der Waals surface area contributed by atoms with Crippen molar-refractivity contribution < 1.29 is 4.79 Å². The first-order valence-electron chi connectivity index (χ1n) is 7.67. The van der Waals surface area contributed by atoms with Crippen molar-refractivity contribution in [2.75, 3.05) is 11.9 Å². The number of aryl methyl sites for hydroxylation is 1. The zero-order valence-electron chi connectivity index (χ0n) is 12.8. The van der Waals surface area contributed by atoms with E-state index in [1.165, 1.54) is 0 Å². The summed E-state index contributed by atoms with van der Waals surface area (Å²) in [5.41, 5.74) is 8.35. The number of nitrogens with two attached hydrogens (primary N) is 1. The summed E-state index contributed by atoms with van der Waals surface area (Å²) in [4.78, 5) is 17.0. The van der Waals surface area contributed by atoms with Crippen molar-refractivity contribution in [1.29, 1.82) is 0 Å². The van der Waals surface area contributed by atoms with Crippen molar-refractivity contribution in [1.82, 2.24) is 4.98 Å². The summed E-state index contributed by atoms with van der Waals surface area (Å²) in [5.74, 6) is 0.0600. The van der Waals surface area contributed by atoms with Crippen LogP contribution in [0.1, 0.15) is 30.7 Å². The molecule has 1 aliphatic rings. The zero-order valence-corrected chi connectivity index (χ0v) is 13.6. The fourth-order valence-electron chi connectivity index (χ4n) is 3.06. The molecular weight excluding hydrogens is 294 g/mol. The van der Waals surface area contributed by atoms with Gasteiger partial charge < -0.3 is 11.1 Å². The molecule has 116 valence electrons. The first kappa shape index (κ1) is 15.2. The summed E-state index contributed by atoms with van der Waals surface area (Å²) in [6, 6.07) is 7.85. The van der Waals surface area contributed by atoms with Gasteiger partial charge in [-0.05, 0) is 31.9 Å². The molecule has 4 nitrogen and oxygen atoms in total. The van der Waals surface area contributed by atoms with Crippen LogP contribution >= 0.6 is 11.3 Å². The highest BCUT2D eigenvalue weighted by Crippen LogP contribution is 2.38. The van der Waals surface area contributed by atoms with Gasteiger partial charge in [-0.15, -0.1) is 11.3 Å². The second-order valence-corrected chi connectivity index (χ2v) is 7.04. The molecule has 0 bridgehead atoms. The largest absolute Gasteiger partial charge is 0.329 e. The number of amides is 1. The maximum atomic E-state index is 12.5. The number of nitrogens with zero attached hydrogens (tertiary/aromatic N) is 1. The molecule has 0 spiro atoms. The van der Waals surface area contributed by atoms with Gasteiger partial charge in [-0.3, -0.25) is 4.79 Å². The summed E-state index contributed by atoms with van der Waals surface area (Å²) in [5, 5.41) is 6.12. The molecule has 1 amide bonds. The third-order valence-electron chi connectivity index (χ3n) is 4.49. The highest BCUT2D eigenvalue weighted by Gasteiger charge is 2.39. The fourth-order valence-corrected chi connectivity index (χ4v) is 3.68. The number of nitrogens with one attached hydrogen (secondary N) is 1. The Morgan fingerprint density at radius 3 is 2.55 bits per heavy atom. The lowest BCUT2D eigenvalue weighted by molar-refractivity contribution is -0.124. The lowest BCUT2D eigenvalue weighted by Gasteiger charge is -2.25. The van der Waals surface area contributed by atoms with E-state index in [1.807, 2.05) is 36.6 Å².